The highest BCUT2D eigenvalue weighted by atomic mass is 15.4. The van der Waals surface area contributed by atoms with Gasteiger partial charge in [0.15, 0.2) is 0 Å². The van der Waals surface area contributed by atoms with Crippen LogP contribution in [0.25, 0.3) is 5.57 Å². The van der Waals surface area contributed by atoms with E-state index in [-0.39, 0.29) is 0 Å². The summed E-state index contributed by atoms with van der Waals surface area (Å²) in [4.78, 5) is 8.66. The number of hydrazine groups is 1. The van der Waals surface area contributed by atoms with Gasteiger partial charge in [-0.05, 0) is 12.0 Å². The van der Waals surface area contributed by atoms with E-state index in [0.717, 1.165) is 18.4 Å². The molecule has 7 nitrogen and oxygen atoms in total. The Balaban J connectivity index is 3.12. The van der Waals surface area contributed by atoms with Crippen LogP contribution in [0.4, 0.5) is 5.69 Å². The van der Waals surface area contributed by atoms with E-state index in [4.69, 9.17) is 17.4 Å². The van der Waals surface area contributed by atoms with Gasteiger partial charge in [0.25, 0.3) is 0 Å². The largest absolute Gasteiger partial charge is 0.396 e. The molecule has 0 bridgehead atoms. The summed E-state index contributed by atoms with van der Waals surface area (Å²) in [6.45, 7) is 5.91. The fourth-order valence-corrected chi connectivity index (χ4v) is 1.72. The smallest absolute Gasteiger partial charge is 0.145 e. The van der Waals surface area contributed by atoms with Gasteiger partial charge in [-0.25, -0.2) is 15.8 Å². The summed E-state index contributed by atoms with van der Waals surface area (Å²) in [6, 6.07) is 0. The van der Waals surface area contributed by atoms with Gasteiger partial charge in [-0.1, -0.05) is 32.1 Å². The molecule has 0 aliphatic rings. The van der Waals surface area contributed by atoms with Gasteiger partial charge in [-0.3, -0.25) is 5.01 Å². The van der Waals surface area contributed by atoms with Crippen molar-refractivity contribution >= 4 is 17.1 Å². The number of nitrogens with two attached hydrogens (primary N) is 3. The van der Waals surface area contributed by atoms with E-state index in [2.05, 4.69) is 34.6 Å². The van der Waals surface area contributed by atoms with Crippen molar-refractivity contribution in [3.63, 3.8) is 0 Å². The number of hydrogen-bond donors (Lipinski definition) is 3. The van der Waals surface area contributed by atoms with Crippen molar-refractivity contribution < 1.29 is 0 Å². The molecule has 0 unspecified atom stereocenters. The quantitative estimate of drug-likeness (QED) is 0.237. The van der Waals surface area contributed by atoms with Crippen LogP contribution in [0.5, 0.6) is 0 Å². The van der Waals surface area contributed by atoms with Crippen molar-refractivity contribution in [2.45, 2.75) is 26.2 Å². The average molecular weight is 289 g/mol. The average Bonchev–Trinajstić information content (AvgIpc) is 2.47. The van der Waals surface area contributed by atoms with Crippen molar-refractivity contribution in [3.05, 3.63) is 36.4 Å². The molecule has 21 heavy (non-hydrogen) atoms. The molecule has 0 aliphatic heterocycles. The molecule has 6 N–H and O–H groups in total. The molecular weight excluding hydrogens is 266 g/mol. The van der Waals surface area contributed by atoms with Crippen molar-refractivity contribution in [2.24, 2.45) is 16.8 Å². The molecular formula is C14H23N7. The normalized spacial score (nSPS) is 12.3. The Bertz CT molecular complexity index is 546. The van der Waals surface area contributed by atoms with Crippen LogP contribution in [0, 0.1) is 0 Å². The Hall–Kier alpha value is -2.41. The maximum atomic E-state index is 5.96. The summed E-state index contributed by atoms with van der Waals surface area (Å²) in [7, 11) is 1.65. The number of hydrazone groups is 1. The standard InChI is InChI=1S/C14H23N7/c1-4-6-7-10(5-2)14-11(15)9-18-12(19-14)8-13(20-16)21(3)17/h5,7,9H,2,4,6,8,15-17H2,1,3H3/b10-7+,20-13-. The number of likely N-dealkylation sites (N-methyl/N-ethyl adjacent to an activating group) is 1. The number of nitrogens with zero attached hydrogens (tertiary/aromatic N) is 4. The maximum absolute atomic E-state index is 5.96. The first-order valence-electron chi connectivity index (χ1n) is 6.73. The molecule has 0 spiro atoms. The molecule has 114 valence electrons. The van der Waals surface area contributed by atoms with E-state index in [0.29, 0.717) is 29.5 Å². The summed E-state index contributed by atoms with van der Waals surface area (Å²) in [5.74, 6) is 12.0. The van der Waals surface area contributed by atoms with Crippen LogP contribution in [0.1, 0.15) is 31.3 Å². The van der Waals surface area contributed by atoms with E-state index in [1.165, 1.54) is 5.01 Å². The van der Waals surface area contributed by atoms with Crippen LogP contribution in [0.3, 0.4) is 0 Å². The molecule has 0 saturated heterocycles. The first-order chi connectivity index (χ1) is 10.0. The minimum atomic E-state index is 0.328. The molecule has 1 aromatic rings. The topological polar surface area (TPSA) is 119 Å². The third-order valence-corrected chi connectivity index (χ3v) is 2.89. The molecule has 0 saturated carbocycles. The van der Waals surface area contributed by atoms with Gasteiger partial charge in [0.2, 0.25) is 0 Å². The van der Waals surface area contributed by atoms with Crippen molar-refractivity contribution in [3.8, 4) is 0 Å². The fourth-order valence-electron chi connectivity index (χ4n) is 1.72. The number of nitrogen functional groups attached to an aromatic ring is 1. The van der Waals surface area contributed by atoms with Gasteiger partial charge >= 0.3 is 0 Å². The zero-order valence-corrected chi connectivity index (χ0v) is 12.6. The third kappa shape index (κ3) is 4.57. The predicted octanol–water partition coefficient (Wildman–Crippen LogP) is 1.05. The van der Waals surface area contributed by atoms with E-state index in [1.54, 1.807) is 19.3 Å². The SMILES string of the molecule is C=C/C(=C\CCC)c1nc(C/C(=N/N)N(C)N)ncc1N. The Morgan fingerprint density at radius 2 is 2.24 bits per heavy atom. The maximum Gasteiger partial charge on any atom is 0.145 e. The number of aromatic nitrogens is 2. The molecule has 0 aliphatic carbocycles. The molecule has 1 aromatic heterocycles. The highest BCUT2D eigenvalue weighted by Gasteiger charge is 2.11. The van der Waals surface area contributed by atoms with Crippen LogP contribution in [0.15, 0.2) is 30.0 Å². The molecule has 0 atom stereocenters. The van der Waals surface area contributed by atoms with Crippen LogP contribution >= 0.6 is 0 Å². The monoisotopic (exact) mass is 289 g/mol. The van der Waals surface area contributed by atoms with Gasteiger partial charge in [-0.15, -0.1) is 0 Å². The van der Waals surface area contributed by atoms with Gasteiger partial charge in [0.1, 0.15) is 11.7 Å². The zero-order chi connectivity index (χ0) is 15.8. The fraction of sp³-hybridized carbons (Fsp3) is 0.357. The number of amidine groups is 1. The van der Waals surface area contributed by atoms with Gasteiger partial charge in [0, 0.05) is 7.05 Å². The van der Waals surface area contributed by atoms with E-state index in [9.17, 15) is 0 Å². The third-order valence-electron chi connectivity index (χ3n) is 2.89. The van der Waals surface area contributed by atoms with Crippen LogP contribution in [-0.2, 0) is 6.42 Å². The molecule has 0 aromatic carbocycles. The Morgan fingerprint density at radius 3 is 2.76 bits per heavy atom. The van der Waals surface area contributed by atoms with E-state index in [1.807, 2.05) is 0 Å². The highest BCUT2D eigenvalue weighted by molar-refractivity contribution is 5.83. The lowest BCUT2D eigenvalue weighted by Gasteiger charge is -2.14. The van der Waals surface area contributed by atoms with E-state index >= 15 is 0 Å². The minimum absolute atomic E-state index is 0.328. The van der Waals surface area contributed by atoms with Gasteiger partial charge < -0.3 is 11.6 Å². The number of allylic oxidation sites excluding steroid dienone is 3. The summed E-state index contributed by atoms with van der Waals surface area (Å²) in [5, 5.41) is 4.96. The molecule has 1 rings (SSSR count). The summed E-state index contributed by atoms with van der Waals surface area (Å²) in [6.07, 6.45) is 7.67. The molecule has 0 fully saturated rings. The summed E-state index contributed by atoms with van der Waals surface area (Å²) in [5.41, 5.74) is 8.02. The second-order valence-electron chi connectivity index (χ2n) is 4.58. The second-order valence-corrected chi connectivity index (χ2v) is 4.58. The van der Waals surface area contributed by atoms with Crippen LogP contribution < -0.4 is 17.4 Å². The number of rotatable bonds is 6. The van der Waals surface area contributed by atoms with Crippen molar-refractivity contribution in [1.82, 2.24) is 15.0 Å². The summed E-state index contributed by atoms with van der Waals surface area (Å²) < 4.78 is 0. The van der Waals surface area contributed by atoms with Gasteiger partial charge in [-0.2, -0.15) is 5.10 Å². The predicted molar refractivity (Wildman–Crippen MR) is 86.8 cm³/mol. The number of anilines is 1. The Labute approximate surface area is 125 Å². The second kappa shape index (κ2) is 8.01. The lowest BCUT2D eigenvalue weighted by Crippen LogP contribution is -2.36. The van der Waals surface area contributed by atoms with Crippen LogP contribution in [0.2, 0.25) is 0 Å². The zero-order valence-electron chi connectivity index (χ0n) is 12.6. The minimum Gasteiger partial charge on any atom is -0.396 e. The molecule has 0 radical (unpaired) electrons. The lowest BCUT2D eigenvalue weighted by atomic mass is 10.1. The lowest BCUT2D eigenvalue weighted by molar-refractivity contribution is 0.524. The van der Waals surface area contributed by atoms with E-state index < -0.39 is 0 Å². The first kappa shape index (κ1) is 16.6. The van der Waals surface area contributed by atoms with Crippen molar-refractivity contribution in [1.29, 1.82) is 0 Å². The number of hydrogen-bond acceptors (Lipinski definition) is 6. The Morgan fingerprint density at radius 1 is 1.52 bits per heavy atom. The molecule has 7 heteroatoms. The van der Waals surface area contributed by atoms with Crippen LogP contribution in [-0.4, -0.2) is 27.9 Å². The Kier molecular flexibility index (Phi) is 6.35. The van der Waals surface area contributed by atoms with Gasteiger partial charge in [0.05, 0.1) is 24.0 Å². The number of unbranched alkanes of at least 4 members (excludes halogenated alkanes) is 1. The first-order valence-corrected chi connectivity index (χ1v) is 6.73. The summed E-state index contributed by atoms with van der Waals surface area (Å²) >= 11 is 0. The molecule has 1 heterocycles. The van der Waals surface area contributed by atoms with Crippen molar-refractivity contribution in [2.75, 3.05) is 12.8 Å². The highest BCUT2D eigenvalue weighted by Crippen LogP contribution is 2.20. The molecule has 0 amide bonds.